The number of hydrogen-bond donors (Lipinski definition) is 1. The van der Waals surface area contributed by atoms with Crippen molar-refractivity contribution in [1.82, 2.24) is 0 Å². The van der Waals surface area contributed by atoms with Crippen molar-refractivity contribution in [3.05, 3.63) is 0 Å². The first-order valence-corrected chi connectivity index (χ1v) is 3.56. The molecule has 1 N–H and O–H groups in total. The van der Waals surface area contributed by atoms with E-state index in [0.717, 1.165) is 19.4 Å². The predicted molar refractivity (Wildman–Crippen MR) is 37.9 cm³/mol. The average Bonchev–Trinajstić information content (AvgIpc) is 1.91. The van der Waals surface area contributed by atoms with Crippen LogP contribution in [0.1, 0.15) is 25.7 Å². The third-order valence-corrected chi connectivity index (χ3v) is 1.61. The monoisotopic (exact) mass is 127 g/mol. The van der Waals surface area contributed by atoms with Crippen LogP contribution >= 0.6 is 0 Å². The summed E-state index contributed by atoms with van der Waals surface area (Å²) in [6.45, 7) is 1.24. The molecule has 1 rings (SSSR count). The summed E-state index contributed by atoms with van der Waals surface area (Å²) in [5, 5.41) is 8.54. The zero-order chi connectivity index (χ0) is 6.53. The molecule has 0 saturated heterocycles. The second kappa shape index (κ2) is 3.62. The molecule has 2 heteroatoms. The summed E-state index contributed by atoms with van der Waals surface area (Å²) in [5.41, 5.74) is 1.21. The topological polar surface area (TPSA) is 32.6 Å². The van der Waals surface area contributed by atoms with E-state index >= 15 is 0 Å². The molecule has 0 unspecified atom stereocenters. The Kier molecular flexibility index (Phi) is 2.71. The van der Waals surface area contributed by atoms with E-state index < -0.39 is 0 Å². The van der Waals surface area contributed by atoms with Crippen LogP contribution in [0.4, 0.5) is 0 Å². The molecule has 0 aromatic rings. The minimum absolute atomic E-state index is 0.263. The summed E-state index contributed by atoms with van der Waals surface area (Å²) in [5.74, 6) is 0. The summed E-state index contributed by atoms with van der Waals surface area (Å²) in [6.07, 6.45) is 4.40. The van der Waals surface area contributed by atoms with Crippen LogP contribution in [0.5, 0.6) is 0 Å². The quantitative estimate of drug-likeness (QED) is 0.589. The van der Waals surface area contributed by atoms with Crippen LogP contribution in [-0.2, 0) is 0 Å². The summed E-state index contributed by atoms with van der Waals surface area (Å²) >= 11 is 0. The Morgan fingerprint density at radius 2 is 2.33 bits per heavy atom. The highest BCUT2D eigenvalue weighted by Crippen LogP contribution is 2.07. The van der Waals surface area contributed by atoms with Gasteiger partial charge in [0.1, 0.15) is 0 Å². The molecule has 0 aromatic carbocycles. The highest BCUT2D eigenvalue weighted by atomic mass is 16.3. The van der Waals surface area contributed by atoms with Gasteiger partial charge in [-0.3, -0.25) is 4.99 Å². The van der Waals surface area contributed by atoms with Crippen LogP contribution in [0, 0.1) is 0 Å². The second-order valence-electron chi connectivity index (χ2n) is 2.38. The van der Waals surface area contributed by atoms with Gasteiger partial charge in [0.15, 0.2) is 0 Å². The Morgan fingerprint density at radius 1 is 1.44 bits per heavy atom. The van der Waals surface area contributed by atoms with Crippen molar-refractivity contribution in [2.75, 3.05) is 13.2 Å². The molecule has 0 aliphatic carbocycles. The van der Waals surface area contributed by atoms with E-state index in [1.54, 1.807) is 0 Å². The largest absolute Gasteiger partial charge is 0.396 e. The van der Waals surface area contributed by atoms with Crippen LogP contribution < -0.4 is 0 Å². The number of aliphatic hydroxyl groups excluding tert-OH is 1. The fraction of sp³-hybridized carbons (Fsp3) is 0.857. The fourth-order valence-electron chi connectivity index (χ4n) is 1.09. The molecule has 0 spiro atoms. The zero-order valence-corrected chi connectivity index (χ0v) is 5.64. The minimum atomic E-state index is 0.263. The van der Waals surface area contributed by atoms with Gasteiger partial charge in [0, 0.05) is 25.3 Å². The molecule has 0 atom stereocenters. The van der Waals surface area contributed by atoms with Gasteiger partial charge in [-0.25, -0.2) is 0 Å². The zero-order valence-electron chi connectivity index (χ0n) is 5.64. The summed E-state index contributed by atoms with van der Waals surface area (Å²) in [7, 11) is 0. The van der Waals surface area contributed by atoms with Crippen molar-refractivity contribution in [2.24, 2.45) is 4.99 Å². The van der Waals surface area contributed by atoms with Crippen molar-refractivity contribution in [3.63, 3.8) is 0 Å². The van der Waals surface area contributed by atoms with Crippen LogP contribution in [0.3, 0.4) is 0 Å². The molecule has 1 heterocycles. The summed E-state index contributed by atoms with van der Waals surface area (Å²) in [4.78, 5) is 4.28. The molecule has 0 aromatic heterocycles. The standard InChI is InChI=1S/C7H13NO/c9-6-4-7-3-1-2-5-8-7/h9H,1-6H2. The van der Waals surface area contributed by atoms with Crippen LogP contribution in [0.2, 0.25) is 0 Å². The molecule has 0 amide bonds. The normalized spacial score (nSPS) is 19.4. The first kappa shape index (κ1) is 6.75. The van der Waals surface area contributed by atoms with Crippen LogP contribution in [0.15, 0.2) is 4.99 Å². The van der Waals surface area contributed by atoms with Gasteiger partial charge < -0.3 is 5.11 Å². The maximum Gasteiger partial charge on any atom is 0.0483 e. The van der Waals surface area contributed by atoms with E-state index in [1.807, 2.05) is 0 Å². The van der Waals surface area contributed by atoms with Gasteiger partial charge in [-0.1, -0.05) is 0 Å². The predicted octanol–water partition coefficient (Wildman–Crippen LogP) is 0.994. The molecule has 0 radical (unpaired) electrons. The molecule has 1 aliphatic rings. The molecule has 52 valence electrons. The van der Waals surface area contributed by atoms with E-state index in [4.69, 9.17) is 5.11 Å². The third kappa shape index (κ3) is 2.14. The van der Waals surface area contributed by atoms with Crippen molar-refractivity contribution < 1.29 is 5.11 Å². The lowest BCUT2D eigenvalue weighted by molar-refractivity contribution is 0.306. The van der Waals surface area contributed by atoms with E-state index in [9.17, 15) is 0 Å². The number of hydrogen-bond acceptors (Lipinski definition) is 2. The minimum Gasteiger partial charge on any atom is -0.396 e. The van der Waals surface area contributed by atoms with Crippen molar-refractivity contribution in [3.8, 4) is 0 Å². The highest BCUT2D eigenvalue weighted by molar-refractivity contribution is 5.84. The first-order valence-electron chi connectivity index (χ1n) is 3.56. The van der Waals surface area contributed by atoms with Crippen molar-refractivity contribution >= 4 is 5.71 Å². The SMILES string of the molecule is OCCC1=NCCCC1. The van der Waals surface area contributed by atoms with E-state index in [0.29, 0.717) is 0 Å². The molecular weight excluding hydrogens is 114 g/mol. The van der Waals surface area contributed by atoms with Crippen LogP contribution in [-0.4, -0.2) is 24.0 Å². The number of aliphatic imine (C=N–C) groups is 1. The molecular formula is C7H13NO. The molecule has 0 fully saturated rings. The molecule has 2 nitrogen and oxygen atoms in total. The lowest BCUT2D eigenvalue weighted by Gasteiger charge is -2.09. The lowest BCUT2D eigenvalue weighted by Crippen LogP contribution is -2.07. The Hall–Kier alpha value is -0.370. The summed E-state index contributed by atoms with van der Waals surface area (Å²) < 4.78 is 0. The molecule has 0 bridgehead atoms. The Labute approximate surface area is 55.6 Å². The van der Waals surface area contributed by atoms with E-state index in [-0.39, 0.29) is 6.61 Å². The average molecular weight is 127 g/mol. The van der Waals surface area contributed by atoms with Gasteiger partial charge in [0.25, 0.3) is 0 Å². The Morgan fingerprint density at radius 3 is 2.89 bits per heavy atom. The maximum atomic E-state index is 8.54. The highest BCUT2D eigenvalue weighted by Gasteiger charge is 2.02. The molecule has 1 aliphatic heterocycles. The van der Waals surface area contributed by atoms with Gasteiger partial charge in [-0.05, 0) is 19.3 Å². The van der Waals surface area contributed by atoms with Crippen LogP contribution in [0.25, 0.3) is 0 Å². The van der Waals surface area contributed by atoms with Crippen molar-refractivity contribution in [1.29, 1.82) is 0 Å². The number of nitrogens with zero attached hydrogens (tertiary/aromatic N) is 1. The van der Waals surface area contributed by atoms with Gasteiger partial charge in [0.2, 0.25) is 0 Å². The maximum absolute atomic E-state index is 8.54. The van der Waals surface area contributed by atoms with E-state index in [2.05, 4.69) is 4.99 Å². The smallest absolute Gasteiger partial charge is 0.0483 e. The summed E-state index contributed by atoms with van der Waals surface area (Å²) in [6, 6.07) is 0. The Balaban J connectivity index is 2.28. The fourth-order valence-corrected chi connectivity index (χ4v) is 1.09. The molecule has 0 saturated carbocycles. The number of aliphatic hydroxyl groups is 1. The lowest BCUT2D eigenvalue weighted by atomic mass is 10.1. The second-order valence-corrected chi connectivity index (χ2v) is 2.38. The van der Waals surface area contributed by atoms with Crippen molar-refractivity contribution in [2.45, 2.75) is 25.7 Å². The van der Waals surface area contributed by atoms with E-state index in [1.165, 1.54) is 18.6 Å². The van der Waals surface area contributed by atoms with Gasteiger partial charge in [0.05, 0.1) is 0 Å². The first-order chi connectivity index (χ1) is 4.43. The Bertz CT molecular complexity index is 109. The number of rotatable bonds is 2. The van der Waals surface area contributed by atoms with Gasteiger partial charge in [-0.2, -0.15) is 0 Å². The van der Waals surface area contributed by atoms with Gasteiger partial charge >= 0.3 is 0 Å². The molecule has 9 heavy (non-hydrogen) atoms. The third-order valence-electron chi connectivity index (χ3n) is 1.61. The van der Waals surface area contributed by atoms with Gasteiger partial charge in [-0.15, -0.1) is 0 Å².